The lowest BCUT2D eigenvalue weighted by Gasteiger charge is -2.14. The van der Waals surface area contributed by atoms with Crippen LogP contribution in [-0.4, -0.2) is 38.3 Å². The van der Waals surface area contributed by atoms with Gasteiger partial charge in [0.2, 0.25) is 0 Å². The first kappa shape index (κ1) is 16.0. The number of rotatable bonds is 6. The van der Waals surface area contributed by atoms with Crippen molar-refractivity contribution >= 4 is 11.0 Å². The maximum atomic E-state index is 5.96. The monoisotopic (exact) mass is 337 g/mol. The van der Waals surface area contributed by atoms with Gasteiger partial charge in [-0.05, 0) is 68.4 Å². The van der Waals surface area contributed by atoms with Gasteiger partial charge in [-0.15, -0.1) is 0 Å². The molecule has 25 heavy (non-hydrogen) atoms. The van der Waals surface area contributed by atoms with E-state index in [1.54, 1.807) is 7.11 Å². The number of fused-ring (bicyclic) bond motifs is 1. The maximum Gasteiger partial charge on any atom is 0.138 e. The molecule has 2 aromatic carbocycles. The molecule has 1 aliphatic heterocycles. The zero-order valence-electron chi connectivity index (χ0n) is 14.5. The molecule has 4 nitrogen and oxygen atoms in total. The molecule has 0 saturated carbocycles. The van der Waals surface area contributed by atoms with E-state index in [0.29, 0.717) is 0 Å². The van der Waals surface area contributed by atoms with Crippen LogP contribution >= 0.6 is 0 Å². The van der Waals surface area contributed by atoms with Crippen LogP contribution in [0.3, 0.4) is 0 Å². The molecule has 0 spiro atoms. The first-order valence-electron chi connectivity index (χ1n) is 8.85. The molecule has 0 aliphatic carbocycles. The van der Waals surface area contributed by atoms with Gasteiger partial charge in [-0.25, -0.2) is 0 Å². The summed E-state index contributed by atoms with van der Waals surface area (Å²) in [5, 5.41) is 1.07. The fraction of sp³-hybridized carbons (Fsp3) is 0.333. The summed E-state index contributed by atoms with van der Waals surface area (Å²) in [7, 11) is 1.66. The summed E-state index contributed by atoms with van der Waals surface area (Å²) in [5.74, 6) is 2.56. The third-order valence-corrected chi connectivity index (χ3v) is 4.74. The van der Waals surface area contributed by atoms with E-state index in [-0.39, 0.29) is 0 Å². The van der Waals surface area contributed by atoms with Crippen molar-refractivity contribution in [2.24, 2.45) is 0 Å². The Morgan fingerprint density at radius 3 is 2.48 bits per heavy atom. The highest BCUT2D eigenvalue weighted by Crippen LogP contribution is 2.31. The minimum Gasteiger partial charge on any atom is -0.497 e. The van der Waals surface area contributed by atoms with Crippen LogP contribution in [-0.2, 0) is 0 Å². The van der Waals surface area contributed by atoms with Gasteiger partial charge >= 0.3 is 0 Å². The number of benzene rings is 2. The third kappa shape index (κ3) is 3.64. The van der Waals surface area contributed by atoms with E-state index in [0.717, 1.165) is 46.9 Å². The van der Waals surface area contributed by atoms with E-state index in [1.165, 1.54) is 25.9 Å². The lowest BCUT2D eigenvalue weighted by molar-refractivity contribution is 0.238. The van der Waals surface area contributed by atoms with E-state index in [4.69, 9.17) is 13.9 Å². The molecule has 0 bridgehead atoms. The SMILES string of the molecule is COc1ccc2cc(-c3ccc(OCCN4CCCC4)cc3)oc2c1. The standard InChI is InChI=1S/C21H23NO3/c1-23-19-9-6-17-14-20(25-21(17)15-19)16-4-7-18(8-5-16)24-13-12-22-10-2-3-11-22/h4-9,14-15H,2-3,10-13H2,1H3. The van der Waals surface area contributed by atoms with Crippen molar-refractivity contribution in [1.82, 2.24) is 4.90 Å². The first-order valence-corrected chi connectivity index (χ1v) is 8.85. The number of furan rings is 1. The molecule has 0 atom stereocenters. The van der Waals surface area contributed by atoms with Crippen molar-refractivity contribution in [3.8, 4) is 22.8 Å². The van der Waals surface area contributed by atoms with Gasteiger partial charge in [0, 0.05) is 23.6 Å². The van der Waals surface area contributed by atoms with Crippen molar-refractivity contribution in [3.63, 3.8) is 0 Å². The van der Waals surface area contributed by atoms with Crippen molar-refractivity contribution in [2.75, 3.05) is 33.4 Å². The van der Waals surface area contributed by atoms with Crippen LogP contribution in [0.1, 0.15) is 12.8 Å². The molecule has 0 N–H and O–H groups in total. The highest BCUT2D eigenvalue weighted by molar-refractivity contribution is 5.84. The Balaban J connectivity index is 1.42. The lowest BCUT2D eigenvalue weighted by Crippen LogP contribution is -2.25. The van der Waals surface area contributed by atoms with Gasteiger partial charge in [0.1, 0.15) is 29.4 Å². The predicted octanol–water partition coefficient (Wildman–Crippen LogP) is 4.58. The van der Waals surface area contributed by atoms with Crippen LogP contribution in [0, 0.1) is 0 Å². The van der Waals surface area contributed by atoms with Crippen LogP contribution < -0.4 is 9.47 Å². The van der Waals surface area contributed by atoms with Crippen molar-refractivity contribution in [3.05, 3.63) is 48.5 Å². The number of methoxy groups -OCH3 is 1. The Kier molecular flexibility index (Phi) is 4.61. The average Bonchev–Trinajstić information content (AvgIpc) is 3.31. The lowest BCUT2D eigenvalue weighted by atomic mass is 10.1. The molecule has 1 saturated heterocycles. The molecule has 0 unspecified atom stereocenters. The Labute approximate surface area is 148 Å². The minimum absolute atomic E-state index is 0.740. The summed E-state index contributed by atoms with van der Waals surface area (Å²) in [6.45, 7) is 4.16. The fourth-order valence-electron chi connectivity index (χ4n) is 3.29. The number of nitrogens with zero attached hydrogens (tertiary/aromatic N) is 1. The summed E-state index contributed by atoms with van der Waals surface area (Å²) in [6.07, 6.45) is 2.64. The summed E-state index contributed by atoms with van der Waals surface area (Å²) >= 11 is 0. The van der Waals surface area contributed by atoms with Crippen LogP contribution in [0.4, 0.5) is 0 Å². The van der Waals surface area contributed by atoms with Gasteiger partial charge < -0.3 is 13.9 Å². The van der Waals surface area contributed by atoms with E-state index in [1.807, 2.05) is 42.5 Å². The highest BCUT2D eigenvalue weighted by Gasteiger charge is 2.11. The molecule has 4 rings (SSSR count). The number of hydrogen-bond acceptors (Lipinski definition) is 4. The van der Waals surface area contributed by atoms with Crippen LogP contribution in [0.5, 0.6) is 11.5 Å². The fourth-order valence-corrected chi connectivity index (χ4v) is 3.29. The van der Waals surface area contributed by atoms with Gasteiger partial charge in [-0.3, -0.25) is 4.90 Å². The zero-order chi connectivity index (χ0) is 17.1. The van der Waals surface area contributed by atoms with Gasteiger partial charge in [-0.1, -0.05) is 0 Å². The van der Waals surface area contributed by atoms with Crippen LogP contribution in [0.2, 0.25) is 0 Å². The Morgan fingerprint density at radius 2 is 1.72 bits per heavy atom. The zero-order valence-corrected chi connectivity index (χ0v) is 14.5. The van der Waals surface area contributed by atoms with Gasteiger partial charge in [0.05, 0.1) is 7.11 Å². The molecule has 2 heterocycles. The number of hydrogen-bond donors (Lipinski definition) is 0. The third-order valence-electron chi connectivity index (χ3n) is 4.74. The van der Waals surface area contributed by atoms with Crippen LogP contribution in [0.25, 0.3) is 22.3 Å². The normalized spacial score (nSPS) is 14.9. The van der Waals surface area contributed by atoms with E-state index in [9.17, 15) is 0 Å². The second-order valence-corrected chi connectivity index (χ2v) is 6.44. The van der Waals surface area contributed by atoms with Crippen molar-refractivity contribution < 1.29 is 13.9 Å². The van der Waals surface area contributed by atoms with Gasteiger partial charge in [0.25, 0.3) is 0 Å². The molecule has 3 aromatic rings. The van der Waals surface area contributed by atoms with Crippen LogP contribution in [0.15, 0.2) is 52.9 Å². The average molecular weight is 337 g/mol. The molecule has 4 heteroatoms. The largest absolute Gasteiger partial charge is 0.497 e. The number of ether oxygens (including phenoxy) is 2. The minimum atomic E-state index is 0.740. The summed E-state index contributed by atoms with van der Waals surface area (Å²) in [6, 6.07) is 16.0. The quantitative estimate of drug-likeness (QED) is 0.659. The van der Waals surface area contributed by atoms with Crippen molar-refractivity contribution in [2.45, 2.75) is 12.8 Å². The van der Waals surface area contributed by atoms with E-state index >= 15 is 0 Å². The second kappa shape index (κ2) is 7.19. The molecule has 1 aliphatic rings. The smallest absolute Gasteiger partial charge is 0.138 e. The predicted molar refractivity (Wildman–Crippen MR) is 99.4 cm³/mol. The summed E-state index contributed by atoms with van der Waals surface area (Å²) < 4.78 is 17.1. The summed E-state index contributed by atoms with van der Waals surface area (Å²) in [5.41, 5.74) is 1.88. The Bertz CT molecular complexity index is 832. The molecule has 1 fully saturated rings. The Hall–Kier alpha value is -2.46. The summed E-state index contributed by atoms with van der Waals surface area (Å²) in [4.78, 5) is 2.46. The van der Waals surface area contributed by atoms with E-state index < -0.39 is 0 Å². The maximum absolute atomic E-state index is 5.96. The Morgan fingerprint density at radius 1 is 0.960 bits per heavy atom. The molecular formula is C21H23NO3. The first-order chi connectivity index (χ1) is 12.3. The van der Waals surface area contributed by atoms with E-state index in [2.05, 4.69) is 11.0 Å². The van der Waals surface area contributed by atoms with Gasteiger partial charge in [0.15, 0.2) is 0 Å². The number of likely N-dealkylation sites (tertiary alicyclic amines) is 1. The molecular weight excluding hydrogens is 314 g/mol. The molecule has 0 radical (unpaired) electrons. The topological polar surface area (TPSA) is 34.8 Å². The molecule has 130 valence electrons. The van der Waals surface area contributed by atoms with Crippen molar-refractivity contribution in [1.29, 1.82) is 0 Å². The van der Waals surface area contributed by atoms with Gasteiger partial charge in [-0.2, -0.15) is 0 Å². The molecule has 0 amide bonds. The second-order valence-electron chi connectivity index (χ2n) is 6.44. The highest BCUT2D eigenvalue weighted by atomic mass is 16.5. The molecule has 1 aromatic heterocycles.